The maximum absolute atomic E-state index is 3.47. The summed E-state index contributed by atoms with van der Waals surface area (Å²) in [6.45, 7) is 5.71. The van der Waals surface area contributed by atoms with Gasteiger partial charge < -0.3 is 10.2 Å². The monoisotopic (exact) mass is 185 g/mol. The zero-order valence-corrected chi connectivity index (χ0v) is 9.38. The zero-order valence-electron chi connectivity index (χ0n) is 9.38. The summed E-state index contributed by atoms with van der Waals surface area (Å²) in [5, 5.41) is 3.47. The van der Waals surface area contributed by atoms with Crippen LogP contribution >= 0.6 is 0 Å². The first-order valence-corrected chi connectivity index (χ1v) is 5.24. The van der Waals surface area contributed by atoms with Crippen molar-refractivity contribution in [1.29, 1.82) is 0 Å². The van der Waals surface area contributed by atoms with Crippen molar-refractivity contribution in [1.82, 2.24) is 15.1 Å². The molecule has 2 atom stereocenters. The molecule has 1 rings (SSSR count). The fourth-order valence-electron chi connectivity index (χ4n) is 2.24. The molecule has 1 aliphatic rings. The topological polar surface area (TPSA) is 18.5 Å². The van der Waals surface area contributed by atoms with Crippen LogP contribution in [0.5, 0.6) is 0 Å². The lowest BCUT2D eigenvalue weighted by Crippen LogP contribution is -2.57. The molecule has 1 heterocycles. The average molecular weight is 185 g/mol. The molecule has 3 nitrogen and oxygen atoms in total. The van der Waals surface area contributed by atoms with Crippen molar-refractivity contribution in [3.8, 4) is 0 Å². The summed E-state index contributed by atoms with van der Waals surface area (Å²) in [5.41, 5.74) is 0. The van der Waals surface area contributed by atoms with Crippen LogP contribution < -0.4 is 5.32 Å². The fourth-order valence-corrected chi connectivity index (χ4v) is 2.24. The van der Waals surface area contributed by atoms with Crippen molar-refractivity contribution in [3.63, 3.8) is 0 Å². The third-order valence-electron chi connectivity index (χ3n) is 3.09. The van der Waals surface area contributed by atoms with Gasteiger partial charge in [0, 0.05) is 31.7 Å². The highest BCUT2D eigenvalue weighted by atomic mass is 15.2. The van der Waals surface area contributed by atoms with Gasteiger partial charge in [0.15, 0.2) is 0 Å². The number of nitrogens with zero attached hydrogens (tertiary/aromatic N) is 2. The second-order valence-corrected chi connectivity index (χ2v) is 4.19. The van der Waals surface area contributed by atoms with E-state index >= 15 is 0 Å². The van der Waals surface area contributed by atoms with Crippen molar-refractivity contribution >= 4 is 0 Å². The predicted octanol–water partition coefficient (Wildman–Crippen LogP) is 0.230. The Labute approximate surface area is 82.1 Å². The van der Waals surface area contributed by atoms with Crippen LogP contribution in [-0.2, 0) is 0 Å². The Morgan fingerprint density at radius 3 is 2.69 bits per heavy atom. The van der Waals surface area contributed by atoms with Gasteiger partial charge in [0.05, 0.1) is 0 Å². The summed E-state index contributed by atoms with van der Waals surface area (Å²) in [5.74, 6) is 0. The Hall–Kier alpha value is -0.120. The van der Waals surface area contributed by atoms with Gasteiger partial charge in [-0.1, -0.05) is 6.92 Å². The molecule has 0 amide bonds. The molecule has 0 radical (unpaired) electrons. The summed E-state index contributed by atoms with van der Waals surface area (Å²) in [4.78, 5) is 4.82. The highest BCUT2D eigenvalue weighted by molar-refractivity contribution is 4.87. The van der Waals surface area contributed by atoms with Crippen LogP contribution in [0.3, 0.4) is 0 Å². The quantitative estimate of drug-likeness (QED) is 0.679. The molecular formula is C10H23N3. The van der Waals surface area contributed by atoms with Crippen molar-refractivity contribution in [3.05, 3.63) is 0 Å². The number of piperazine rings is 1. The van der Waals surface area contributed by atoms with Crippen LogP contribution in [0.15, 0.2) is 0 Å². The first-order valence-electron chi connectivity index (χ1n) is 5.24. The highest BCUT2D eigenvalue weighted by Gasteiger charge is 2.27. The van der Waals surface area contributed by atoms with Crippen molar-refractivity contribution in [2.45, 2.75) is 25.4 Å². The fraction of sp³-hybridized carbons (Fsp3) is 1.00. The van der Waals surface area contributed by atoms with Crippen LogP contribution in [0.2, 0.25) is 0 Å². The van der Waals surface area contributed by atoms with E-state index in [4.69, 9.17) is 0 Å². The molecule has 0 aliphatic carbocycles. The largest absolute Gasteiger partial charge is 0.314 e. The van der Waals surface area contributed by atoms with Gasteiger partial charge in [0.25, 0.3) is 0 Å². The maximum Gasteiger partial charge on any atom is 0.0373 e. The van der Waals surface area contributed by atoms with Crippen molar-refractivity contribution in [2.75, 3.05) is 40.8 Å². The SMILES string of the molecule is CCC(C1CNCCN1C)N(C)C. The third kappa shape index (κ3) is 2.66. The van der Waals surface area contributed by atoms with Gasteiger partial charge in [-0.05, 0) is 27.6 Å². The molecule has 1 aliphatic heterocycles. The lowest BCUT2D eigenvalue weighted by molar-refractivity contribution is 0.105. The van der Waals surface area contributed by atoms with Gasteiger partial charge in [0.1, 0.15) is 0 Å². The van der Waals surface area contributed by atoms with Crippen molar-refractivity contribution in [2.24, 2.45) is 0 Å². The van der Waals surface area contributed by atoms with Crippen LogP contribution in [0, 0.1) is 0 Å². The standard InChI is InChI=1S/C10H23N3/c1-5-9(12(2)3)10-8-11-6-7-13(10)4/h9-11H,5-8H2,1-4H3. The molecule has 1 N–H and O–H groups in total. The molecule has 1 saturated heterocycles. The second-order valence-electron chi connectivity index (χ2n) is 4.19. The van der Waals surface area contributed by atoms with Gasteiger partial charge in [0.2, 0.25) is 0 Å². The van der Waals surface area contributed by atoms with E-state index in [1.54, 1.807) is 0 Å². The van der Waals surface area contributed by atoms with E-state index in [1.165, 1.54) is 13.0 Å². The Balaban J connectivity index is 2.55. The first kappa shape index (κ1) is 11.0. The van der Waals surface area contributed by atoms with Gasteiger partial charge >= 0.3 is 0 Å². The molecule has 0 spiro atoms. The number of rotatable bonds is 3. The van der Waals surface area contributed by atoms with E-state index in [1.807, 2.05) is 0 Å². The molecule has 0 bridgehead atoms. The second kappa shape index (κ2) is 4.94. The van der Waals surface area contributed by atoms with Gasteiger partial charge in [-0.15, -0.1) is 0 Å². The van der Waals surface area contributed by atoms with Gasteiger partial charge in [-0.3, -0.25) is 4.90 Å². The molecule has 0 aromatic heterocycles. The molecule has 0 aromatic carbocycles. The minimum Gasteiger partial charge on any atom is -0.314 e. The van der Waals surface area contributed by atoms with Crippen LogP contribution in [-0.4, -0.2) is 62.7 Å². The summed E-state index contributed by atoms with van der Waals surface area (Å²) < 4.78 is 0. The number of hydrogen-bond acceptors (Lipinski definition) is 3. The highest BCUT2D eigenvalue weighted by Crippen LogP contribution is 2.12. The van der Waals surface area contributed by atoms with E-state index in [2.05, 4.69) is 43.2 Å². The molecule has 0 saturated carbocycles. The molecule has 13 heavy (non-hydrogen) atoms. The Morgan fingerprint density at radius 2 is 2.23 bits per heavy atom. The summed E-state index contributed by atoms with van der Waals surface area (Å²) in [6, 6.07) is 1.35. The summed E-state index contributed by atoms with van der Waals surface area (Å²) in [7, 11) is 6.59. The smallest absolute Gasteiger partial charge is 0.0373 e. The number of likely N-dealkylation sites (N-methyl/N-ethyl adjacent to an activating group) is 2. The van der Waals surface area contributed by atoms with E-state index in [0.717, 1.165) is 13.1 Å². The molecule has 2 unspecified atom stereocenters. The molecule has 0 aromatic rings. The van der Waals surface area contributed by atoms with E-state index < -0.39 is 0 Å². The van der Waals surface area contributed by atoms with Crippen LogP contribution in [0.4, 0.5) is 0 Å². The van der Waals surface area contributed by atoms with E-state index in [9.17, 15) is 0 Å². The van der Waals surface area contributed by atoms with Gasteiger partial charge in [-0.2, -0.15) is 0 Å². The number of hydrogen-bond donors (Lipinski definition) is 1. The maximum atomic E-state index is 3.47. The molecule has 1 fully saturated rings. The number of nitrogens with one attached hydrogen (secondary N) is 1. The first-order chi connectivity index (χ1) is 6.16. The third-order valence-corrected chi connectivity index (χ3v) is 3.09. The average Bonchev–Trinajstić information content (AvgIpc) is 2.09. The lowest BCUT2D eigenvalue weighted by Gasteiger charge is -2.40. The van der Waals surface area contributed by atoms with Crippen LogP contribution in [0.1, 0.15) is 13.3 Å². The van der Waals surface area contributed by atoms with Crippen LogP contribution in [0.25, 0.3) is 0 Å². The van der Waals surface area contributed by atoms with E-state index in [0.29, 0.717) is 12.1 Å². The Kier molecular flexibility index (Phi) is 4.16. The van der Waals surface area contributed by atoms with Crippen molar-refractivity contribution < 1.29 is 0 Å². The summed E-state index contributed by atoms with van der Waals surface area (Å²) in [6.07, 6.45) is 1.23. The summed E-state index contributed by atoms with van der Waals surface area (Å²) >= 11 is 0. The lowest BCUT2D eigenvalue weighted by atomic mass is 10.0. The molecular weight excluding hydrogens is 162 g/mol. The van der Waals surface area contributed by atoms with Gasteiger partial charge in [-0.25, -0.2) is 0 Å². The minimum absolute atomic E-state index is 0.675. The Bertz CT molecular complexity index is 147. The normalized spacial score (nSPS) is 27.9. The van der Waals surface area contributed by atoms with E-state index in [-0.39, 0.29) is 0 Å². The predicted molar refractivity (Wildman–Crippen MR) is 57.1 cm³/mol. The minimum atomic E-state index is 0.675. The molecule has 78 valence electrons. The Morgan fingerprint density at radius 1 is 1.54 bits per heavy atom. The zero-order chi connectivity index (χ0) is 9.84. The molecule has 3 heteroatoms.